The van der Waals surface area contributed by atoms with Crippen molar-refractivity contribution in [3.8, 4) is 0 Å². The topological polar surface area (TPSA) is 89.9 Å². The number of nitrogens with zero attached hydrogens (tertiary/aromatic N) is 1. The van der Waals surface area contributed by atoms with Gasteiger partial charge in [-0.2, -0.15) is 0 Å². The van der Waals surface area contributed by atoms with Crippen molar-refractivity contribution in [2.45, 2.75) is 25.1 Å². The number of thiophene rings is 1. The van der Waals surface area contributed by atoms with Crippen LogP contribution in [-0.2, 0) is 11.3 Å². The third-order valence-corrected chi connectivity index (χ3v) is 4.49. The van der Waals surface area contributed by atoms with Crippen molar-refractivity contribution in [1.29, 1.82) is 0 Å². The molecule has 6 nitrogen and oxygen atoms in total. The van der Waals surface area contributed by atoms with Gasteiger partial charge < -0.3 is 20.4 Å². The average Bonchev–Trinajstić information content (AvgIpc) is 2.92. The van der Waals surface area contributed by atoms with E-state index in [0.717, 1.165) is 13.6 Å². The smallest absolute Gasteiger partial charge is 0.326 e. The van der Waals surface area contributed by atoms with Gasteiger partial charge in [0.05, 0.1) is 16.4 Å². The standard InChI is InChI=1S/C11H13BrN2O4S/c12-9-2-1-7(19-9)4-13-11(18)14-5-6(15)3-8(14)10(16)17/h1-2,6,8,15H,3-5H2,(H,13,18)(H,16,17)/t6-,8+/m1/s1. The number of likely N-dealkylation sites (tertiary alicyclic amines) is 1. The Bertz CT molecular complexity index is 493. The van der Waals surface area contributed by atoms with Crippen LogP contribution in [-0.4, -0.2) is 45.8 Å². The SMILES string of the molecule is O=C(O)[C@@H]1C[C@@H](O)CN1C(=O)NCc1ccc(Br)s1. The molecule has 2 rings (SSSR count). The van der Waals surface area contributed by atoms with E-state index in [1.54, 1.807) is 0 Å². The van der Waals surface area contributed by atoms with E-state index in [2.05, 4.69) is 21.2 Å². The molecule has 1 aromatic heterocycles. The normalized spacial score (nSPS) is 22.5. The molecule has 0 aliphatic carbocycles. The molecule has 1 aromatic rings. The van der Waals surface area contributed by atoms with Crippen LogP contribution in [0.3, 0.4) is 0 Å². The molecule has 19 heavy (non-hydrogen) atoms. The first-order valence-electron chi connectivity index (χ1n) is 5.67. The summed E-state index contributed by atoms with van der Waals surface area (Å²) in [7, 11) is 0. The number of rotatable bonds is 3. The molecule has 104 valence electrons. The number of carbonyl (C=O) groups excluding carboxylic acids is 1. The predicted molar refractivity (Wildman–Crippen MR) is 73.0 cm³/mol. The van der Waals surface area contributed by atoms with E-state index in [4.69, 9.17) is 5.11 Å². The van der Waals surface area contributed by atoms with Crippen molar-refractivity contribution >= 4 is 39.3 Å². The molecule has 0 unspecified atom stereocenters. The van der Waals surface area contributed by atoms with E-state index in [9.17, 15) is 14.7 Å². The third-order valence-electron chi connectivity index (χ3n) is 2.87. The van der Waals surface area contributed by atoms with E-state index in [1.165, 1.54) is 11.3 Å². The van der Waals surface area contributed by atoms with E-state index in [0.29, 0.717) is 6.54 Å². The van der Waals surface area contributed by atoms with E-state index in [1.807, 2.05) is 12.1 Å². The summed E-state index contributed by atoms with van der Waals surface area (Å²) in [5.41, 5.74) is 0. The molecule has 0 radical (unpaired) electrons. The van der Waals surface area contributed by atoms with Crippen LogP contribution in [0.15, 0.2) is 15.9 Å². The number of halogens is 1. The largest absolute Gasteiger partial charge is 0.480 e. The molecule has 2 atom stereocenters. The zero-order valence-corrected chi connectivity index (χ0v) is 12.3. The fourth-order valence-electron chi connectivity index (χ4n) is 1.98. The number of nitrogens with one attached hydrogen (secondary N) is 1. The Labute approximate surface area is 122 Å². The highest BCUT2D eigenvalue weighted by molar-refractivity contribution is 9.11. The molecule has 1 aliphatic heterocycles. The lowest BCUT2D eigenvalue weighted by Gasteiger charge is -2.21. The number of urea groups is 1. The van der Waals surface area contributed by atoms with Crippen molar-refractivity contribution < 1.29 is 19.8 Å². The number of aliphatic hydroxyl groups is 1. The second-order valence-corrected chi connectivity index (χ2v) is 6.81. The van der Waals surface area contributed by atoms with Crippen LogP contribution in [0.2, 0.25) is 0 Å². The zero-order valence-electron chi connectivity index (χ0n) is 9.88. The van der Waals surface area contributed by atoms with Gasteiger partial charge in [-0.05, 0) is 28.1 Å². The summed E-state index contributed by atoms with van der Waals surface area (Å²) in [6, 6.07) is 2.34. The fraction of sp³-hybridized carbons (Fsp3) is 0.455. The lowest BCUT2D eigenvalue weighted by molar-refractivity contribution is -0.141. The zero-order chi connectivity index (χ0) is 14.0. The molecular formula is C11H13BrN2O4S. The molecule has 0 aromatic carbocycles. The number of carbonyl (C=O) groups is 2. The number of carboxylic acid groups (broad SMARTS) is 1. The minimum atomic E-state index is -1.09. The number of β-amino-alcohol motifs (C(OH)–C–C–N with tert-alkyl or cyclic N) is 1. The van der Waals surface area contributed by atoms with Gasteiger partial charge in [-0.1, -0.05) is 0 Å². The molecule has 0 spiro atoms. The lowest BCUT2D eigenvalue weighted by Crippen LogP contribution is -2.45. The fourth-order valence-corrected chi connectivity index (χ4v) is 3.41. The minimum Gasteiger partial charge on any atom is -0.480 e. The molecule has 1 saturated heterocycles. The van der Waals surface area contributed by atoms with Crippen molar-refractivity contribution in [2.24, 2.45) is 0 Å². The van der Waals surface area contributed by atoms with Crippen molar-refractivity contribution in [3.63, 3.8) is 0 Å². The maximum atomic E-state index is 11.9. The summed E-state index contributed by atoms with van der Waals surface area (Å²) in [4.78, 5) is 25.0. The Balaban J connectivity index is 1.93. The Hall–Kier alpha value is -1.12. The van der Waals surface area contributed by atoms with Crippen LogP contribution >= 0.6 is 27.3 Å². The molecule has 8 heteroatoms. The van der Waals surface area contributed by atoms with Gasteiger partial charge in [0.25, 0.3) is 0 Å². The molecule has 3 N–H and O–H groups in total. The third kappa shape index (κ3) is 3.46. The van der Waals surface area contributed by atoms with Gasteiger partial charge in [-0.15, -0.1) is 11.3 Å². The van der Waals surface area contributed by atoms with Crippen LogP contribution in [0.25, 0.3) is 0 Å². The van der Waals surface area contributed by atoms with Gasteiger partial charge in [0.1, 0.15) is 6.04 Å². The second-order valence-electron chi connectivity index (χ2n) is 4.26. The summed E-state index contributed by atoms with van der Waals surface area (Å²) in [6.07, 6.45) is -0.699. The lowest BCUT2D eigenvalue weighted by atomic mass is 10.2. The number of aliphatic carboxylic acids is 1. The van der Waals surface area contributed by atoms with Gasteiger partial charge >= 0.3 is 12.0 Å². The number of hydrogen-bond acceptors (Lipinski definition) is 4. The van der Waals surface area contributed by atoms with Crippen molar-refractivity contribution in [1.82, 2.24) is 10.2 Å². The van der Waals surface area contributed by atoms with Gasteiger partial charge in [-0.3, -0.25) is 0 Å². The summed E-state index contributed by atoms with van der Waals surface area (Å²) < 4.78 is 0.969. The van der Waals surface area contributed by atoms with Gasteiger partial charge in [0.2, 0.25) is 0 Å². The Kier molecular flexibility index (Phi) is 4.43. The molecule has 1 aliphatic rings. The number of amides is 2. The van der Waals surface area contributed by atoms with Crippen LogP contribution in [0.1, 0.15) is 11.3 Å². The monoisotopic (exact) mass is 348 g/mol. The molecule has 2 heterocycles. The molecule has 0 saturated carbocycles. The van der Waals surface area contributed by atoms with Crippen molar-refractivity contribution in [3.05, 3.63) is 20.8 Å². The van der Waals surface area contributed by atoms with Crippen LogP contribution in [0, 0.1) is 0 Å². The summed E-state index contributed by atoms with van der Waals surface area (Å²) in [6.45, 7) is 0.394. The second kappa shape index (κ2) is 5.89. The maximum absolute atomic E-state index is 11.9. The van der Waals surface area contributed by atoms with Crippen molar-refractivity contribution in [2.75, 3.05) is 6.54 Å². The number of carboxylic acids is 1. The number of aliphatic hydroxyl groups excluding tert-OH is 1. The number of hydrogen-bond donors (Lipinski definition) is 3. The molecular weight excluding hydrogens is 336 g/mol. The van der Waals surface area contributed by atoms with Crippen LogP contribution in [0.5, 0.6) is 0 Å². The first kappa shape index (κ1) is 14.3. The Morgan fingerprint density at radius 1 is 1.53 bits per heavy atom. The van der Waals surface area contributed by atoms with Crippen LogP contribution in [0.4, 0.5) is 4.79 Å². The quantitative estimate of drug-likeness (QED) is 0.766. The van der Waals surface area contributed by atoms with Gasteiger partial charge in [0.15, 0.2) is 0 Å². The van der Waals surface area contributed by atoms with E-state index >= 15 is 0 Å². The highest BCUT2D eigenvalue weighted by Gasteiger charge is 2.38. The highest BCUT2D eigenvalue weighted by atomic mass is 79.9. The molecule has 2 amide bonds. The minimum absolute atomic E-state index is 0.0525. The molecule has 1 fully saturated rings. The van der Waals surface area contributed by atoms with E-state index in [-0.39, 0.29) is 13.0 Å². The molecule has 0 bridgehead atoms. The summed E-state index contributed by atoms with van der Waals surface area (Å²) >= 11 is 4.82. The summed E-state index contributed by atoms with van der Waals surface area (Å²) in [5.74, 6) is -1.09. The first-order valence-corrected chi connectivity index (χ1v) is 7.28. The Morgan fingerprint density at radius 2 is 2.26 bits per heavy atom. The van der Waals surface area contributed by atoms with Gasteiger partial charge in [0, 0.05) is 17.8 Å². The summed E-state index contributed by atoms with van der Waals surface area (Å²) in [5, 5.41) is 21.1. The van der Waals surface area contributed by atoms with Crippen LogP contribution < -0.4 is 5.32 Å². The van der Waals surface area contributed by atoms with E-state index < -0.39 is 24.1 Å². The predicted octanol–water partition coefficient (Wildman–Crippen LogP) is 1.24. The van der Waals surface area contributed by atoms with Gasteiger partial charge in [-0.25, -0.2) is 9.59 Å². The Morgan fingerprint density at radius 3 is 2.84 bits per heavy atom. The highest BCUT2D eigenvalue weighted by Crippen LogP contribution is 2.22. The first-order chi connectivity index (χ1) is 8.97. The average molecular weight is 349 g/mol. The maximum Gasteiger partial charge on any atom is 0.326 e.